The molecule has 0 saturated heterocycles. The molecule has 1 aromatic heterocycles. The summed E-state index contributed by atoms with van der Waals surface area (Å²) in [5.74, 6) is 1.58. The molecule has 0 fully saturated rings. The van der Waals surface area contributed by atoms with Crippen molar-refractivity contribution in [1.82, 2.24) is 0 Å². The van der Waals surface area contributed by atoms with Gasteiger partial charge in [-0.15, -0.1) is 0 Å². The fourth-order valence-electron chi connectivity index (χ4n) is 1.72. The molecule has 0 aliphatic rings. The Kier molecular flexibility index (Phi) is 3.76. The van der Waals surface area contributed by atoms with Crippen LogP contribution in [0.15, 0.2) is 27.6 Å². The average Bonchev–Trinajstić information content (AvgIpc) is 2.72. The van der Waals surface area contributed by atoms with Crippen LogP contribution in [-0.2, 0) is 0 Å². The van der Waals surface area contributed by atoms with Crippen LogP contribution in [0.3, 0.4) is 0 Å². The highest BCUT2D eigenvalue weighted by Crippen LogP contribution is 2.28. The van der Waals surface area contributed by atoms with E-state index in [1.54, 1.807) is 33.1 Å². The van der Waals surface area contributed by atoms with Gasteiger partial charge in [0.05, 0.1) is 7.11 Å². The molecule has 5 nitrogen and oxygen atoms in total. The van der Waals surface area contributed by atoms with E-state index in [2.05, 4.69) is 11.1 Å². The number of nitriles is 1. The monoisotopic (exact) mass is 270 g/mol. The number of methoxy groups -OCH3 is 1. The van der Waals surface area contributed by atoms with Crippen molar-refractivity contribution >= 4 is 12.1 Å². The van der Waals surface area contributed by atoms with Gasteiger partial charge in [-0.3, -0.25) is 0 Å². The topological polar surface area (TPSA) is 78.8 Å². The number of aliphatic imine (C=N–C) groups is 1. The van der Waals surface area contributed by atoms with Gasteiger partial charge in [-0.25, -0.2) is 4.99 Å². The first-order valence-corrected chi connectivity index (χ1v) is 5.98. The van der Waals surface area contributed by atoms with Crippen LogP contribution in [0.25, 0.3) is 0 Å². The molecule has 1 aromatic carbocycles. The average molecular weight is 270 g/mol. The Labute approximate surface area is 116 Å². The Morgan fingerprint density at radius 2 is 2.15 bits per heavy atom. The summed E-state index contributed by atoms with van der Waals surface area (Å²) in [5.41, 5.74) is 1.66. The molecule has 0 spiro atoms. The Morgan fingerprint density at radius 3 is 2.80 bits per heavy atom. The van der Waals surface area contributed by atoms with Gasteiger partial charge in [0.1, 0.15) is 28.9 Å². The predicted molar refractivity (Wildman–Crippen MR) is 74.8 cm³/mol. The maximum Gasteiger partial charge on any atom is 0.237 e. The number of phenolic OH excluding ortho intramolecular Hbond substituents is 1. The minimum absolute atomic E-state index is 0.0769. The third kappa shape index (κ3) is 2.50. The van der Waals surface area contributed by atoms with Crippen LogP contribution in [0.2, 0.25) is 0 Å². The first kappa shape index (κ1) is 13.7. The molecule has 20 heavy (non-hydrogen) atoms. The second-order valence-electron chi connectivity index (χ2n) is 4.26. The smallest absolute Gasteiger partial charge is 0.237 e. The second-order valence-corrected chi connectivity index (χ2v) is 4.26. The van der Waals surface area contributed by atoms with Crippen LogP contribution in [0.4, 0.5) is 5.88 Å². The maximum atomic E-state index is 9.75. The summed E-state index contributed by atoms with van der Waals surface area (Å²) in [4.78, 5) is 4.14. The number of rotatable bonds is 3. The number of aryl methyl sites for hydroxylation is 1. The van der Waals surface area contributed by atoms with Crippen molar-refractivity contribution in [2.24, 2.45) is 4.99 Å². The maximum absolute atomic E-state index is 9.75. The predicted octanol–water partition coefficient (Wildman–Crippen LogP) is 3.23. The van der Waals surface area contributed by atoms with E-state index in [-0.39, 0.29) is 11.6 Å². The molecule has 0 saturated carbocycles. The van der Waals surface area contributed by atoms with Gasteiger partial charge in [-0.05, 0) is 32.0 Å². The first-order valence-electron chi connectivity index (χ1n) is 5.98. The molecule has 0 radical (unpaired) electrons. The Balaban J connectivity index is 2.40. The number of nitrogens with zero attached hydrogens (tertiary/aromatic N) is 2. The molecule has 5 heteroatoms. The normalized spacial score (nSPS) is 10.7. The molecule has 0 unspecified atom stereocenters. The highest BCUT2D eigenvalue weighted by atomic mass is 16.5. The van der Waals surface area contributed by atoms with Gasteiger partial charge < -0.3 is 14.3 Å². The van der Waals surface area contributed by atoms with E-state index in [1.807, 2.05) is 0 Å². The van der Waals surface area contributed by atoms with E-state index in [0.717, 1.165) is 5.56 Å². The number of ether oxygens (including phenoxy) is 1. The highest BCUT2D eigenvalue weighted by Gasteiger charge is 2.13. The van der Waals surface area contributed by atoms with Crippen molar-refractivity contribution in [1.29, 1.82) is 5.26 Å². The number of hydrogen-bond donors (Lipinski definition) is 1. The fraction of sp³-hybridized carbons (Fsp3) is 0.200. The SMILES string of the molecule is COc1ccc(O)c(C=Nc2oc(C)c(C)c2C#N)c1. The molecule has 2 rings (SSSR count). The molecule has 0 atom stereocenters. The van der Waals surface area contributed by atoms with Gasteiger partial charge in [-0.1, -0.05) is 0 Å². The van der Waals surface area contributed by atoms with Crippen molar-refractivity contribution in [2.45, 2.75) is 13.8 Å². The zero-order valence-electron chi connectivity index (χ0n) is 11.5. The number of aromatic hydroxyl groups is 1. The van der Waals surface area contributed by atoms with Crippen LogP contribution in [0, 0.1) is 25.2 Å². The molecule has 2 aromatic rings. The minimum atomic E-state index is 0.0769. The molecule has 102 valence electrons. The molecule has 1 N–H and O–H groups in total. The molecular weight excluding hydrogens is 256 g/mol. The van der Waals surface area contributed by atoms with Crippen LogP contribution in [-0.4, -0.2) is 18.4 Å². The lowest BCUT2D eigenvalue weighted by Gasteiger charge is -2.02. The van der Waals surface area contributed by atoms with Gasteiger partial charge in [0.25, 0.3) is 0 Å². The zero-order chi connectivity index (χ0) is 14.7. The third-order valence-corrected chi connectivity index (χ3v) is 3.03. The van der Waals surface area contributed by atoms with Gasteiger partial charge in [0.2, 0.25) is 5.88 Å². The van der Waals surface area contributed by atoms with Crippen molar-refractivity contribution in [3.05, 3.63) is 40.6 Å². The first-order chi connectivity index (χ1) is 9.56. The van der Waals surface area contributed by atoms with Crippen LogP contribution in [0.5, 0.6) is 11.5 Å². The molecule has 0 aliphatic heterocycles. The van der Waals surface area contributed by atoms with Gasteiger partial charge in [0, 0.05) is 17.3 Å². The van der Waals surface area contributed by atoms with Crippen molar-refractivity contribution in [3.63, 3.8) is 0 Å². The summed E-state index contributed by atoms with van der Waals surface area (Å²) in [6.45, 7) is 3.58. The zero-order valence-corrected chi connectivity index (χ0v) is 11.5. The van der Waals surface area contributed by atoms with Crippen molar-refractivity contribution in [2.75, 3.05) is 7.11 Å². The lowest BCUT2D eigenvalue weighted by Crippen LogP contribution is -1.87. The second kappa shape index (κ2) is 5.49. The van der Waals surface area contributed by atoms with E-state index in [9.17, 15) is 5.11 Å². The van der Waals surface area contributed by atoms with Crippen LogP contribution < -0.4 is 4.74 Å². The molecule has 0 aliphatic carbocycles. The van der Waals surface area contributed by atoms with E-state index in [4.69, 9.17) is 14.4 Å². The fourth-order valence-corrected chi connectivity index (χ4v) is 1.72. The van der Waals surface area contributed by atoms with E-state index in [0.29, 0.717) is 22.6 Å². The molecular formula is C15H14N2O3. The Hall–Kier alpha value is -2.74. The standard InChI is InChI=1S/C15H14N2O3/c1-9-10(2)20-15(13(9)7-16)17-8-11-6-12(19-3)4-5-14(11)18/h4-6,8,18H,1-3H3. The van der Waals surface area contributed by atoms with Gasteiger partial charge in [0.15, 0.2) is 0 Å². The van der Waals surface area contributed by atoms with Crippen molar-refractivity contribution < 1.29 is 14.3 Å². The van der Waals surface area contributed by atoms with Crippen LogP contribution >= 0.6 is 0 Å². The van der Waals surface area contributed by atoms with Gasteiger partial charge in [-0.2, -0.15) is 5.26 Å². The third-order valence-electron chi connectivity index (χ3n) is 3.03. The summed E-state index contributed by atoms with van der Waals surface area (Å²) < 4.78 is 10.5. The molecule has 0 bridgehead atoms. The quantitative estimate of drug-likeness (QED) is 0.868. The number of phenols is 1. The van der Waals surface area contributed by atoms with E-state index in [1.165, 1.54) is 12.3 Å². The Morgan fingerprint density at radius 1 is 1.40 bits per heavy atom. The largest absolute Gasteiger partial charge is 0.507 e. The summed E-state index contributed by atoms with van der Waals surface area (Å²) in [5, 5.41) is 18.8. The lowest BCUT2D eigenvalue weighted by atomic mass is 10.2. The summed E-state index contributed by atoms with van der Waals surface area (Å²) in [7, 11) is 1.54. The summed E-state index contributed by atoms with van der Waals surface area (Å²) in [6.07, 6.45) is 1.44. The summed E-state index contributed by atoms with van der Waals surface area (Å²) in [6, 6.07) is 6.88. The molecule has 0 amide bonds. The molecule has 1 heterocycles. The number of benzene rings is 1. The Bertz CT molecular complexity index is 709. The highest BCUT2D eigenvalue weighted by molar-refractivity contribution is 5.86. The lowest BCUT2D eigenvalue weighted by molar-refractivity contribution is 0.412. The van der Waals surface area contributed by atoms with Gasteiger partial charge >= 0.3 is 0 Å². The van der Waals surface area contributed by atoms with Crippen LogP contribution in [0.1, 0.15) is 22.5 Å². The van der Waals surface area contributed by atoms with E-state index < -0.39 is 0 Å². The number of hydrogen-bond acceptors (Lipinski definition) is 5. The minimum Gasteiger partial charge on any atom is -0.507 e. The van der Waals surface area contributed by atoms with E-state index >= 15 is 0 Å². The number of furan rings is 1. The summed E-state index contributed by atoms with van der Waals surface area (Å²) >= 11 is 0. The van der Waals surface area contributed by atoms with Crippen molar-refractivity contribution in [3.8, 4) is 17.6 Å².